The molecule has 0 aromatic rings. The smallest absolute Gasteiger partial charge is 0.330 e. The molecule has 1 unspecified atom stereocenters. The third-order valence-corrected chi connectivity index (χ3v) is 2.12. The summed E-state index contributed by atoms with van der Waals surface area (Å²) in [5.74, 6) is -0.728. The summed E-state index contributed by atoms with van der Waals surface area (Å²) >= 11 is 0. The second kappa shape index (κ2) is 6.01. The molecule has 0 spiro atoms. The number of unbranched alkanes of at least 4 members (excludes halogenated alkanes) is 1. The largest absolute Gasteiger partial charge is 0.463 e. The predicted molar refractivity (Wildman–Crippen MR) is 53.7 cm³/mol. The zero-order chi connectivity index (χ0) is 11.1. The Morgan fingerprint density at radius 2 is 2.40 bits per heavy atom. The third-order valence-electron chi connectivity index (χ3n) is 2.12. The van der Waals surface area contributed by atoms with Gasteiger partial charge in [0.15, 0.2) is 0 Å². The van der Waals surface area contributed by atoms with E-state index in [9.17, 15) is 9.59 Å². The molecule has 0 fully saturated rings. The van der Waals surface area contributed by atoms with Crippen LogP contribution in [0.4, 0.5) is 0 Å². The monoisotopic (exact) mass is 210 g/mol. The molecule has 0 bridgehead atoms. The molecule has 4 heteroatoms. The summed E-state index contributed by atoms with van der Waals surface area (Å²) in [4.78, 5) is 21.7. The van der Waals surface area contributed by atoms with Crippen LogP contribution in [0.2, 0.25) is 0 Å². The van der Waals surface area contributed by atoms with Crippen LogP contribution in [0, 0.1) is 5.92 Å². The predicted octanol–water partition coefficient (Wildman–Crippen LogP) is 1.57. The van der Waals surface area contributed by atoms with Crippen molar-refractivity contribution >= 4 is 11.9 Å². The lowest BCUT2D eigenvalue weighted by Gasteiger charge is -2.04. The van der Waals surface area contributed by atoms with E-state index >= 15 is 0 Å². The number of ether oxygens (including phenoxy) is 2. The van der Waals surface area contributed by atoms with Crippen molar-refractivity contribution in [3.8, 4) is 0 Å². The van der Waals surface area contributed by atoms with Crippen LogP contribution >= 0.6 is 0 Å². The van der Waals surface area contributed by atoms with Gasteiger partial charge in [0, 0.05) is 6.08 Å². The second-order valence-electron chi connectivity index (χ2n) is 3.24. The molecular weight excluding hydrogens is 196 g/mol. The molecule has 4 nitrogen and oxygen atoms in total. The van der Waals surface area contributed by atoms with Gasteiger partial charge in [-0.15, -0.1) is 0 Å². The van der Waals surface area contributed by atoms with Crippen molar-refractivity contribution in [1.82, 2.24) is 0 Å². The summed E-state index contributed by atoms with van der Waals surface area (Å²) in [5.41, 5.74) is 0. The number of cyclic esters (lactones) is 1. The zero-order valence-corrected chi connectivity index (χ0v) is 8.48. The highest BCUT2D eigenvalue weighted by molar-refractivity contribution is 5.81. The highest BCUT2D eigenvalue weighted by Gasteiger charge is 2.20. The average molecular weight is 210 g/mol. The number of rotatable bonds is 6. The maximum Gasteiger partial charge on any atom is 0.330 e. The van der Waals surface area contributed by atoms with Crippen LogP contribution in [-0.4, -0.2) is 18.5 Å². The minimum Gasteiger partial charge on any atom is -0.463 e. The van der Waals surface area contributed by atoms with Crippen LogP contribution < -0.4 is 0 Å². The van der Waals surface area contributed by atoms with Crippen LogP contribution in [0.5, 0.6) is 0 Å². The van der Waals surface area contributed by atoms with Crippen molar-refractivity contribution in [2.75, 3.05) is 6.61 Å². The summed E-state index contributed by atoms with van der Waals surface area (Å²) in [6.07, 6.45) is 6.62. The normalized spacial score (nSPS) is 18.7. The molecule has 15 heavy (non-hydrogen) atoms. The Morgan fingerprint density at radius 1 is 1.60 bits per heavy atom. The molecule has 0 radical (unpaired) electrons. The molecular formula is C11H14O4. The van der Waals surface area contributed by atoms with Gasteiger partial charge in [-0.2, -0.15) is 0 Å². The van der Waals surface area contributed by atoms with E-state index in [-0.39, 0.29) is 11.9 Å². The molecule has 1 aliphatic rings. The lowest BCUT2D eigenvalue weighted by atomic mass is 10.0. The Balaban J connectivity index is 2.02. The summed E-state index contributed by atoms with van der Waals surface area (Å²) in [5, 5.41) is 0. The van der Waals surface area contributed by atoms with Crippen molar-refractivity contribution in [3.05, 3.63) is 25.0 Å². The zero-order valence-electron chi connectivity index (χ0n) is 8.48. The van der Waals surface area contributed by atoms with Gasteiger partial charge >= 0.3 is 11.9 Å². The van der Waals surface area contributed by atoms with Crippen molar-refractivity contribution in [1.29, 1.82) is 0 Å². The maximum absolute atomic E-state index is 11.0. The number of esters is 2. The highest BCUT2D eigenvalue weighted by atomic mass is 16.5. The highest BCUT2D eigenvalue weighted by Crippen LogP contribution is 2.17. The molecule has 0 saturated heterocycles. The summed E-state index contributed by atoms with van der Waals surface area (Å²) in [7, 11) is 0. The Bertz CT molecular complexity index is 280. The topological polar surface area (TPSA) is 52.6 Å². The van der Waals surface area contributed by atoms with Crippen molar-refractivity contribution in [2.24, 2.45) is 5.92 Å². The van der Waals surface area contributed by atoms with Crippen molar-refractivity contribution in [3.63, 3.8) is 0 Å². The first kappa shape index (κ1) is 11.5. The summed E-state index contributed by atoms with van der Waals surface area (Å²) in [6, 6.07) is 0. The van der Waals surface area contributed by atoms with Gasteiger partial charge in [0.2, 0.25) is 0 Å². The van der Waals surface area contributed by atoms with Gasteiger partial charge in [-0.05, 0) is 25.3 Å². The minimum atomic E-state index is -0.407. The maximum atomic E-state index is 11.0. The summed E-state index contributed by atoms with van der Waals surface area (Å²) in [6.45, 7) is 3.66. The van der Waals surface area contributed by atoms with Crippen LogP contribution in [0.15, 0.2) is 25.0 Å². The Kier molecular flexibility index (Phi) is 4.60. The fourth-order valence-corrected chi connectivity index (χ4v) is 1.28. The van der Waals surface area contributed by atoms with Gasteiger partial charge in [-0.25, -0.2) is 4.79 Å². The fourth-order valence-electron chi connectivity index (χ4n) is 1.28. The Hall–Kier alpha value is -1.58. The number of hydrogen-bond donors (Lipinski definition) is 0. The Morgan fingerprint density at radius 3 is 3.00 bits per heavy atom. The number of carbonyl (C=O) groups excluding carboxylic acids is 2. The molecule has 1 aliphatic heterocycles. The van der Waals surface area contributed by atoms with Gasteiger partial charge in [0.1, 0.15) is 0 Å². The van der Waals surface area contributed by atoms with E-state index in [2.05, 4.69) is 11.3 Å². The van der Waals surface area contributed by atoms with E-state index in [0.29, 0.717) is 6.61 Å². The molecule has 0 aliphatic carbocycles. The quantitative estimate of drug-likeness (QED) is 0.379. The van der Waals surface area contributed by atoms with E-state index in [1.54, 1.807) is 6.08 Å². The molecule has 1 atom stereocenters. The van der Waals surface area contributed by atoms with E-state index in [0.717, 1.165) is 25.3 Å². The van der Waals surface area contributed by atoms with E-state index in [4.69, 9.17) is 4.74 Å². The molecule has 0 N–H and O–H groups in total. The van der Waals surface area contributed by atoms with Crippen molar-refractivity contribution in [2.45, 2.75) is 19.3 Å². The standard InChI is InChI=1S/C11H14O4/c1-2-10(12)14-7-4-3-5-9-6-8-15-11(9)13/h2,6,8-9H,1,3-5,7H2. The van der Waals surface area contributed by atoms with E-state index in [1.807, 2.05) is 0 Å². The van der Waals surface area contributed by atoms with Gasteiger partial charge in [0.05, 0.1) is 18.8 Å². The van der Waals surface area contributed by atoms with Crippen LogP contribution in [0.1, 0.15) is 19.3 Å². The minimum absolute atomic E-state index is 0.125. The first-order valence-corrected chi connectivity index (χ1v) is 4.90. The van der Waals surface area contributed by atoms with Gasteiger partial charge in [-0.3, -0.25) is 4.79 Å². The number of carbonyl (C=O) groups is 2. The Labute approximate surface area is 88.6 Å². The average Bonchev–Trinajstić information content (AvgIpc) is 2.63. The molecule has 82 valence electrons. The van der Waals surface area contributed by atoms with Gasteiger partial charge in [-0.1, -0.05) is 6.58 Å². The SMILES string of the molecule is C=CC(=O)OCCCCC1C=COC1=O. The lowest BCUT2D eigenvalue weighted by molar-refractivity contribution is -0.140. The first-order valence-electron chi connectivity index (χ1n) is 4.90. The van der Waals surface area contributed by atoms with Crippen LogP contribution in [0.25, 0.3) is 0 Å². The molecule has 1 heterocycles. The first-order chi connectivity index (χ1) is 7.24. The fraction of sp³-hybridized carbons (Fsp3) is 0.455. The third kappa shape index (κ3) is 3.97. The van der Waals surface area contributed by atoms with E-state index < -0.39 is 5.97 Å². The number of hydrogen-bond acceptors (Lipinski definition) is 4. The van der Waals surface area contributed by atoms with Gasteiger partial charge in [0.25, 0.3) is 0 Å². The summed E-state index contributed by atoms with van der Waals surface area (Å²) < 4.78 is 9.45. The second-order valence-corrected chi connectivity index (χ2v) is 3.24. The van der Waals surface area contributed by atoms with Crippen LogP contribution in [0.3, 0.4) is 0 Å². The van der Waals surface area contributed by atoms with Gasteiger partial charge < -0.3 is 9.47 Å². The molecule has 0 amide bonds. The molecule has 0 saturated carbocycles. The van der Waals surface area contributed by atoms with Crippen molar-refractivity contribution < 1.29 is 19.1 Å². The molecule has 1 rings (SSSR count). The van der Waals surface area contributed by atoms with Crippen LogP contribution in [-0.2, 0) is 19.1 Å². The lowest BCUT2D eigenvalue weighted by Crippen LogP contribution is -2.08. The molecule has 0 aromatic heterocycles. The molecule has 0 aromatic carbocycles. The van der Waals surface area contributed by atoms with E-state index in [1.165, 1.54) is 6.26 Å².